The summed E-state index contributed by atoms with van der Waals surface area (Å²) in [6.45, 7) is 4.50. The summed E-state index contributed by atoms with van der Waals surface area (Å²) in [6, 6.07) is 1.99. The predicted molar refractivity (Wildman–Crippen MR) is 67.7 cm³/mol. The Bertz CT molecular complexity index is 410. The maximum Gasteiger partial charge on any atom is 0.376 e. The van der Waals surface area contributed by atoms with E-state index in [9.17, 15) is 4.79 Å². The largest absolute Gasteiger partial charge is 0.463 e. The number of nitrogens with zero attached hydrogens (tertiary/aromatic N) is 2. The lowest BCUT2D eigenvalue weighted by Gasteiger charge is -2.14. The number of carbonyl (C=O) groups excluding carboxylic acids is 1. The van der Waals surface area contributed by atoms with Crippen molar-refractivity contribution in [2.45, 2.75) is 26.3 Å². The molecule has 0 aliphatic rings. The van der Waals surface area contributed by atoms with Crippen LogP contribution in [0.2, 0.25) is 0 Å². The number of methoxy groups -OCH3 is 2. The van der Waals surface area contributed by atoms with Crippen LogP contribution in [0.15, 0.2) is 6.07 Å². The summed E-state index contributed by atoms with van der Waals surface area (Å²) in [7, 11) is 2.97. The lowest BCUT2D eigenvalue weighted by atomic mass is 10.2. The zero-order valence-corrected chi connectivity index (χ0v) is 11.2. The van der Waals surface area contributed by atoms with Crippen LogP contribution in [0.25, 0.3) is 0 Å². The molecule has 1 aromatic heterocycles. The fourth-order valence-corrected chi connectivity index (χ4v) is 1.44. The van der Waals surface area contributed by atoms with E-state index in [0.29, 0.717) is 18.1 Å². The molecule has 0 aliphatic heterocycles. The van der Waals surface area contributed by atoms with Gasteiger partial charge in [0.05, 0.1) is 7.11 Å². The second-order valence-corrected chi connectivity index (χ2v) is 4.04. The van der Waals surface area contributed by atoms with Crippen molar-refractivity contribution < 1.29 is 14.3 Å². The quantitative estimate of drug-likeness (QED) is 0.773. The summed E-state index contributed by atoms with van der Waals surface area (Å²) in [5.74, 6) is 0.150. The van der Waals surface area contributed by atoms with Crippen LogP contribution in [-0.2, 0) is 9.47 Å². The summed E-state index contributed by atoms with van der Waals surface area (Å²) in [5, 5.41) is 3.20. The van der Waals surface area contributed by atoms with Gasteiger partial charge in [0, 0.05) is 31.5 Å². The highest BCUT2D eigenvalue weighted by molar-refractivity contribution is 5.85. The molecule has 1 heterocycles. The fourth-order valence-electron chi connectivity index (χ4n) is 1.44. The molecule has 6 heteroatoms. The molecular formula is C12H19N3O3. The summed E-state index contributed by atoms with van der Waals surface area (Å²) < 4.78 is 9.61. The molecular weight excluding hydrogens is 234 g/mol. The zero-order valence-electron chi connectivity index (χ0n) is 11.2. The monoisotopic (exact) mass is 253 g/mol. The molecule has 1 rings (SSSR count). The number of ether oxygens (including phenoxy) is 2. The lowest BCUT2D eigenvalue weighted by Crippen LogP contribution is -2.19. The van der Waals surface area contributed by atoms with Gasteiger partial charge in [0.15, 0.2) is 0 Å². The molecule has 0 amide bonds. The van der Waals surface area contributed by atoms with E-state index in [4.69, 9.17) is 4.74 Å². The number of carbonyl (C=O) groups is 1. The van der Waals surface area contributed by atoms with Crippen molar-refractivity contribution in [2.75, 3.05) is 26.1 Å². The number of aryl methyl sites for hydroxylation is 1. The van der Waals surface area contributed by atoms with Gasteiger partial charge >= 0.3 is 5.97 Å². The Balaban J connectivity index is 2.76. The summed E-state index contributed by atoms with van der Waals surface area (Å²) in [5.41, 5.74) is 0.715. The van der Waals surface area contributed by atoms with Crippen LogP contribution in [-0.4, -0.2) is 42.8 Å². The van der Waals surface area contributed by atoms with Crippen LogP contribution in [0.1, 0.15) is 29.7 Å². The SMILES string of the molecule is COCCC(C)Nc1cc(C)nc(C(=O)OC)n1. The van der Waals surface area contributed by atoms with Gasteiger partial charge in [-0.25, -0.2) is 14.8 Å². The van der Waals surface area contributed by atoms with Crippen LogP contribution in [0.4, 0.5) is 5.82 Å². The number of hydrogen-bond acceptors (Lipinski definition) is 6. The Morgan fingerprint density at radius 3 is 2.78 bits per heavy atom. The number of nitrogens with one attached hydrogen (secondary N) is 1. The van der Waals surface area contributed by atoms with E-state index in [0.717, 1.165) is 6.42 Å². The summed E-state index contributed by atoms with van der Waals surface area (Å²) in [4.78, 5) is 19.5. The maximum atomic E-state index is 11.4. The number of aromatic nitrogens is 2. The molecule has 1 aromatic rings. The minimum atomic E-state index is -0.536. The third-order valence-electron chi connectivity index (χ3n) is 2.37. The third-order valence-corrected chi connectivity index (χ3v) is 2.37. The number of esters is 1. The van der Waals surface area contributed by atoms with Crippen LogP contribution >= 0.6 is 0 Å². The Hall–Kier alpha value is -1.69. The van der Waals surface area contributed by atoms with Crippen LogP contribution in [0, 0.1) is 6.92 Å². The van der Waals surface area contributed by atoms with Crippen LogP contribution in [0.5, 0.6) is 0 Å². The van der Waals surface area contributed by atoms with Gasteiger partial charge in [-0.05, 0) is 20.3 Å². The number of hydrogen-bond donors (Lipinski definition) is 1. The van der Waals surface area contributed by atoms with Gasteiger partial charge in [0.2, 0.25) is 5.82 Å². The Labute approximate surface area is 107 Å². The van der Waals surface area contributed by atoms with Crippen LogP contribution in [0.3, 0.4) is 0 Å². The normalized spacial score (nSPS) is 12.0. The van der Waals surface area contributed by atoms with Crippen molar-refractivity contribution in [3.63, 3.8) is 0 Å². The van der Waals surface area contributed by atoms with Gasteiger partial charge in [-0.2, -0.15) is 0 Å². The topological polar surface area (TPSA) is 73.3 Å². The zero-order chi connectivity index (χ0) is 13.5. The van der Waals surface area contributed by atoms with Crippen molar-refractivity contribution in [3.8, 4) is 0 Å². The van der Waals surface area contributed by atoms with Crippen molar-refractivity contribution in [1.82, 2.24) is 9.97 Å². The van der Waals surface area contributed by atoms with Gasteiger partial charge in [0.25, 0.3) is 0 Å². The molecule has 1 unspecified atom stereocenters. The van der Waals surface area contributed by atoms with Gasteiger partial charge in [0.1, 0.15) is 5.82 Å². The van der Waals surface area contributed by atoms with Crippen molar-refractivity contribution in [1.29, 1.82) is 0 Å². The highest BCUT2D eigenvalue weighted by Gasteiger charge is 2.12. The third kappa shape index (κ3) is 4.29. The first-order valence-electron chi connectivity index (χ1n) is 5.76. The Kier molecular flexibility index (Phi) is 5.51. The van der Waals surface area contributed by atoms with Gasteiger partial charge in [-0.15, -0.1) is 0 Å². The molecule has 0 saturated carbocycles. The molecule has 0 spiro atoms. The molecule has 0 bridgehead atoms. The van der Waals surface area contributed by atoms with E-state index in [1.165, 1.54) is 7.11 Å². The standard InChI is InChI=1S/C12H19N3O3/c1-8(5-6-17-3)13-10-7-9(2)14-11(15-10)12(16)18-4/h7-8H,5-6H2,1-4H3,(H,13,14,15). The first kappa shape index (κ1) is 14.4. The molecule has 0 saturated heterocycles. The molecule has 18 heavy (non-hydrogen) atoms. The van der Waals surface area contributed by atoms with E-state index >= 15 is 0 Å². The molecule has 0 aromatic carbocycles. The smallest absolute Gasteiger partial charge is 0.376 e. The van der Waals surface area contributed by atoms with Gasteiger partial charge in [-0.1, -0.05) is 0 Å². The minimum absolute atomic E-state index is 0.0685. The molecule has 0 fully saturated rings. The molecule has 100 valence electrons. The van der Waals surface area contributed by atoms with E-state index in [-0.39, 0.29) is 11.9 Å². The first-order chi connectivity index (χ1) is 8.56. The van der Waals surface area contributed by atoms with E-state index < -0.39 is 5.97 Å². The fraction of sp³-hybridized carbons (Fsp3) is 0.583. The second-order valence-electron chi connectivity index (χ2n) is 4.04. The minimum Gasteiger partial charge on any atom is -0.463 e. The molecule has 0 radical (unpaired) electrons. The van der Waals surface area contributed by atoms with Crippen molar-refractivity contribution in [2.24, 2.45) is 0 Å². The van der Waals surface area contributed by atoms with Crippen LogP contribution < -0.4 is 5.32 Å². The first-order valence-corrected chi connectivity index (χ1v) is 5.76. The highest BCUT2D eigenvalue weighted by atomic mass is 16.5. The van der Waals surface area contributed by atoms with E-state index in [1.807, 2.05) is 6.92 Å². The summed E-state index contributed by atoms with van der Waals surface area (Å²) in [6.07, 6.45) is 0.854. The number of rotatable bonds is 6. The van der Waals surface area contributed by atoms with Crippen molar-refractivity contribution in [3.05, 3.63) is 17.6 Å². The van der Waals surface area contributed by atoms with Crippen molar-refractivity contribution >= 4 is 11.8 Å². The average Bonchev–Trinajstić information content (AvgIpc) is 2.34. The van der Waals surface area contributed by atoms with Gasteiger partial charge in [-0.3, -0.25) is 0 Å². The second kappa shape index (κ2) is 6.90. The van der Waals surface area contributed by atoms with E-state index in [1.54, 1.807) is 20.1 Å². The summed E-state index contributed by atoms with van der Waals surface area (Å²) >= 11 is 0. The Morgan fingerprint density at radius 1 is 1.44 bits per heavy atom. The average molecular weight is 253 g/mol. The van der Waals surface area contributed by atoms with Gasteiger partial charge < -0.3 is 14.8 Å². The Morgan fingerprint density at radius 2 is 2.17 bits per heavy atom. The predicted octanol–water partition coefficient (Wildman–Crippen LogP) is 1.41. The molecule has 1 N–H and O–H groups in total. The van der Waals surface area contributed by atoms with E-state index in [2.05, 4.69) is 20.0 Å². The lowest BCUT2D eigenvalue weighted by molar-refractivity contribution is 0.0586. The number of anilines is 1. The molecule has 0 aliphatic carbocycles. The molecule has 1 atom stereocenters. The highest BCUT2D eigenvalue weighted by Crippen LogP contribution is 2.09. The molecule has 6 nitrogen and oxygen atoms in total. The maximum absolute atomic E-state index is 11.4.